The number of aromatic nitrogens is 1. The normalized spacial score (nSPS) is 11.6. The summed E-state index contributed by atoms with van der Waals surface area (Å²) in [5.74, 6) is 0.290. The molecule has 0 saturated carbocycles. The molecule has 0 aliphatic rings. The van der Waals surface area contributed by atoms with E-state index in [9.17, 15) is 13.2 Å². The first-order chi connectivity index (χ1) is 14.3. The van der Waals surface area contributed by atoms with Crippen LogP contribution in [0.15, 0.2) is 57.9 Å². The molecule has 3 rings (SSSR count). The average Bonchev–Trinajstić information content (AvgIpc) is 3.07. The molecule has 0 bridgehead atoms. The van der Waals surface area contributed by atoms with Gasteiger partial charge in [0, 0.05) is 12.1 Å². The van der Waals surface area contributed by atoms with Crippen LogP contribution < -0.4 is 10.0 Å². The standard InChI is InChI=1S/C22H23N3O4S/c1-4-21(26)23-22-16(3)24-29-20(22)14-9-17-7-12-19(13-8-17)30(27,28)25-18-10-5-15(2)6-11-18/h5-14,25H,4H2,1-3H3,(H,23,26). The Hall–Kier alpha value is -3.39. The molecule has 0 radical (unpaired) electrons. The molecule has 30 heavy (non-hydrogen) atoms. The van der Waals surface area contributed by atoms with Gasteiger partial charge >= 0.3 is 0 Å². The molecule has 156 valence electrons. The van der Waals surface area contributed by atoms with Crippen LogP contribution in [0.3, 0.4) is 0 Å². The summed E-state index contributed by atoms with van der Waals surface area (Å²) in [5.41, 5.74) is 3.44. The number of anilines is 2. The number of hydrogen-bond acceptors (Lipinski definition) is 5. The summed E-state index contributed by atoms with van der Waals surface area (Å²) in [6.45, 7) is 5.44. The monoisotopic (exact) mass is 425 g/mol. The Morgan fingerprint density at radius 3 is 2.33 bits per heavy atom. The number of nitrogens with zero attached hydrogens (tertiary/aromatic N) is 1. The number of benzene rings is 2. The number of rotatable bonds is 7. The highest BCUT2D eigenvalue weighted by atomic mass is 32.2. The zero-order chi connectivity index (χ0) is 21.7. The lowest BCUT2D eigenvalue weighted by Crippen LogP contribution is -2.12. The maximum absolute atomic E-state index is 12.6. The van der Waals surface area contributed by atoms with Gasteiger partial charge in [0.15, 0.2) is 5.76 Å². The van der Waals surface area contributed by atoms with Crippen LogP contribution in [0.4, 0.5) is 11.4 Å². The smallest absolute Gasteiger partial charge is 0.261 e. The molecule has 3 aromatic rings. The lowest BCUT2D eigenvalue weighted by Gasteiger charge is -2.08. The van der Waals surface area contributed by atoms with Gasteiger partial charge in [0.25, 0.3) is 10.0 Å². The van der Waals surface area contributed by atoms with Crippen LogP contribution >= 0.6 is 0 Å². The van der Waals surface area contributed by atoms with Crippen LogP contribution in [-0.4, -0.2) is 19.5 Å². The maximum Gasteiger partial charge on any atom is 0.261 e. The van der Waals surface area contributed by atoms with Gasteiger partial charge < -0.3 is 9.84 Å². The fourth-order valence-electron chi connectivity index (χ4n) is 2.65. The third kappa shape index (κ3) is 5.15. The Bertz CT molecular complexity index is 1160. The summed E-state index contributed by atoms with van der Waals surface area (Å²) in [5, 5.41) is 6.65. The van der Waals surface area contributed by atoms with E-state index >= 15 is 0 Å². The van der Waals surface area contributed by atoms with E-state index < -0.39 is 10.0 Å². The Kier molecular flexibility index (Phi) is 6.37. The van der Waals surface area contributed by atoms with E-state index in [1.807, 2.05) is 19.1 Å². The highest BCUT2D eigenvalue weighted by Crippen LogP contribution is 2.23. The molecule has 1 amide bonds. The van der Waals surface area contributed by atoms with E-state index in [0.717, 1.165) is 11.1 Å². The van der Waals surface area contributed by atoms with Crippen molar-refractivity contribution < 1.29 is 17.7 Å². The summed E-state index contributed by atoms with van der Waals surface area (Å²) >= 11 is 0. The SMILES string of the molecule is CCC(=O)Nc1c(C)noc1C=Cc1ccc(S(=O)(=O)Nc2ccc(C)cc2)cc1. The molecule has 0 unspecified atom stereocenters. The van der Waals surface area contributed by atoms with Crippen molar-refractivity contribution in [1.29, 1.82) is 0 Å². The van der Waals surface area contributed by atoms with Crippen molar-refractivity contribution in [3.05, 3.63) is 71.1 Å². The van der Waals surface area contributed by atoms with Crippen molar-refractivity contribution >= 4 is 39.5 Å². The predicted octanol–water partition coefficient (Wildman–Crippen LogP) is 4.61. The van der Waals surface area contributed by atoms with Crippen molar-refractivity contribution in [3.8, 4) is 0 Å². The molecule has 0 saturated heterocycles. The molecule has 0 atom stereocenters. The number of carbonyl (C=O) groups excluding carboxylic acids is 1. The molecule has 1 aromatic heterocycles. The Balaban J connectivity index is 1.74. The first-order valence-electron chi connectivity index (χ1n) is 9.42. The van der Waals surface area contributed by atoms with Gasteiger partial charge in [-0.15, -0.1) is 0 Å². The Morgan fingerprint density at radius 1 is 1.03 bits per heavy atom. The van der Waals surface area contributed by atoms with Gasteiger partial charge in [-0.1, -0.05) is 48.0 Å². The van der Waals surface area contributed by atoms with E-state index in [2.05, 4.69) is 15.2 Å². The molecule has 2 aromatic carbocycles. The predicted molar refractivity (Wildman–Crippen MR) is 118 cm³/mol. The van der Waals surface area contributed by atoms with Crippen LogP contribution in [0.25, 0.3) is 12.2 Å². The second-order valence-corrected chi connectivity index (χ2v) is 8.47. The van der Waals surface area contributed by atoms with Crippen molar-refractivity contribution in [2.45, 2.75) is 32.1 Å². The van der Waals surface area contributed by atoms with Crippen molar-refractivity contribution in [2.24, 2.45) is 0 Å². The minimum absolute atomic E-state index is 0.133. The van der Waals surface area contributed by atoms with E-state index in [1.165, 1.54) is 12.1 Å². The highest BCUT2D eigenvalue weighted by molar-refractivity contribution is 7.92. The quantitative estimate of drug-likeness (QED) is 0.576. The minimum Gasteiger partial charge on any atom is -0.354 e. The van der Waals surface area contributed by atoms with E-state index in [4.69, 9.17) is 4.52 Å². The molecule has 8 heteroatoms. The number of amides is 1. The number of carbonyl (C=O) groups is 1. The van der Waals surface area contributed by atoms with E-state index in [1.54, 1.807) is 50.3 Å². The van der Waals surface area contributed by atoms with E-state index in [0.29, 0.717) is 29.2 Å². The fraction of sp³-hybridized carbons (Fsp3) is 0.182. The molecule has 1 heterocycles. The molecule has 2 N–H and O–H groups in total. The van der Waals surface area contributed by atoms with E-state index in [-0.39, 0.29) is 10.8 Å². The van der Waals surface area contributed by atoms with Crippen molar-refractivity contribution in [3.63, 3.8) is 0 Å². The van der Waals surface area contributed by atoms with Gasteiger partial charge in [0.05, 0.1) is 4.90 Å². The van der Waals surface area contributed by atoms with Crippen LogP contribution in [0.2, 0.25) is 0 Å². The first-order valence-corrected chi connectivity index (χ1v) is 10.9. The molecular weight excluding hydrogens is 402 g/mol. The summed E-state index contributed by atoms with van der Waals surface area (Å²) in [4.78, 5) is 11.8. The zero-order valence-electron chi connectivity index (χ0n) is 17.0. The molecule has 0 spiro atoms. The van der Waals surface area contributed by atoms with Gasteiger partial charge in [-0.3, -0.25) is 9.52 Å². The average molecular weight is 426 g/mol. The van der Waals surface area contributed by atoms with Gasteiger partial charge in [-0.05, 0) is 49.8 Å². The Morgan fingerprint density at radius 2 is 1.70 bits per heavy atom. The lowest BCUT2D eigenvalue weighted by atomic mass is 10.2. The second kappa shape index (κ2) is 8.96. The number of aryl methyl sites for hydroxylation is 2. The molecule has 0 fully saturated rings. The highest BCUT2D eigenvalue weighted by Gasteiger charge is 2.15. The largest absolute Gasteiger partial charge is 0.354 e. The van der Waals surface area contributed by atoms with Crippen LogP contribution in [-0.2, 0) is 14.8 Å². The molecule has 7 nitrogen and oxygen atoms in total. The zero-order valence-corrected chi connectivity index (χ0v) is 17.8. The lowest BCUT2D eigenvalue weighted by molar-refractivity contribution is -0.115. The third-order valence-electron chi connectivity index (χ3n) is 4.40. The second-order valence-electron chi connectivity index (χ2n) is 6.78. The summed E-state index contributed by atoms with van der Waals surface area (Å²) in [6.07, 6.45) is 3.78. The molecule has 0 aliphatic carbocycles. The van der Waals surface area contributed by atoms with Gasteiger partial charge in [-0.25, -0.2) is 8.42 Å². The summed E-state index contributed by atoms with van der Waals surface area (Å²) < 4.78 is 32.9. The third-order valence-corrected chi connectivity index (χ3v) is 5.79. The first kappa shape index (κ1) is 21.3. The topological polar surface area (TPSA) is 101 Å². The maximum atomic E-state index is 12.6. The summed E-state index contributed by atoms with van der Waals surface area (Å²) in [6, 6.07) is 13.6. The van der Waals surface area contributed by atoms with Gasteiger partial charge in [0.2, 0.25) is 5.91 Å². The molecular formula is C22H23N3O4S. The summed E-state index contributed by atoms with van der Waals surface area (Å²) in [7, 11) is -3.68. The van der Waals surface area contributed by atoms with Gasteiger partial charge in [-0.2, -0.15) is 0 Å². The number of hydrogen-bond donors (Lipinski definition) is 2. The fourth-order valence-corrected chi connectivity index (χ4v) is 3.71. The van der Waals surface area contributed by atoms with Gasteiger partial charge in [0.1, 0.15) is 11.4 Å². The number of sulfonamides is 1. The van der Waals surface area contributed by atoms with Crippen molar-refractivity contribution in [1.82, 2.24) is 5.16 Å². The number of nitrogens with one attached hydrogen (secondary N) is 2. The minimum atomic E-state index is -3.68. The Labute approximate surface area is 175 Å². The van der Waals surface area contributed by atoms with Crippen LogP contribution in [0.5, 0.6) is 0 Å². The van der Waals surface area contributed by atoms with Crippen LogP contribution in [0.1, 0.15) is 35.9 Å². The molecule has 0 aliphatic heterocycles. The van der Waals surface area contributed by atoms with Crippen LogP contribution in [0, 0.1) is 13.8 Å². The van der Waals surface area contributed by atoms with Crippen molar-refractivity contribution in [2.75, 3.05) is 10.0 Å².